The summed E-state index contributed by atoms with van der Waals surface area (Å²) in [6, 6.07) is 11.9. The zero-order valence-corrected chi connectivity index (χ0v) is 18.9. The molecule has 0 bridgehead atoms. The highest BCUT2D eigenvalue weighted by molar-refractivity contribution is 7.80. The third-order valence-electron chi connectivity index (χ3n) is 5.15. The van der Waals surface area contributed by atoms with Gasteiger partial charge in [0.05, 0.1) is 33.1 Å². The van der Waals surface area contributed by atoms with E-state index in [2.05, 4.69) is 10.2 Å². The van der Waals surface area contributed by atoms with Gasteiger partial charge in [-0.1, -0.05) is 12.1 Å². The first-order valence-electron chi connectivity index (χ1n) is 10.1. The van der Waals surface area contributed by atoms with E-state index in [0.717, 1.165) is 42.0 Å². The van der Waals surface area contributed by atoms with Crippen molar-refractivity contribution in [2.24, 2.45) is 0 Å². The number of benzene rings is 2. The molecule has 1 aliphatic rings. The van der Waals surface area contributed by atoms with Crippen LogP contribution in [0.5, 0.6) is 17.2 Å². The highest BCUT2D eigenvalue weighted by atomic mass is 32.1. The molecule has 1 unspecified atom stereocenters. The first-order chi connectivity index (χ1) is 14.5. The Morgan fingerprint density at radius 1 is 1.07 bits per heavy atom. The zero-order chi connectivity index (χ0) is 21.5. The second kappa shape index (κ2) is 10.5. The Hall–Kier alpha value is -2.51. The minimum Gasteiger partial charge on any atom is -0.495 e. The van der Waals surface area contributed by atoms with E-state index in [1.54, 1.807) is 21.3 Å². The van der Waals surface area contributed by atoms with Crippen molar-refractivity contribution in [1.29, 1.82) is 0 Å². The molecule has 6 nitrogen and oxygen atoms in total. The standard InChI is InChI=1S/C23H30N2O4S/c1-16-7-9-20(26-2)19(12-16)24-23(30)25(15-18-6-5-11-29-18)14-17-8-10-21(27-3)22(13-17)28-4/h7-10,12-13,18H,5-6,11,14-15H2,1-4H3,(H,24,30). The van der Waals surface area contributed by atoms with Crippen LogP contribution in [0.3, 0.4) is 0 Å². The van der Waals surface area contributed by atoms with Crippen molar-refractivity contribution in [3.8, 4) is 17.2 Å². The van der Waals surface area contributed by atoms with Crippen molar-refractivity contribution in [2.75, 3.05) is 39.8 Å². The number of hydrogen-bond acceptors (Lipinski definition) is 5. The number of hydrogen-bond donors (Lipinski definition) is 1. The Balaban J connectivity index is 1.81. The summed E-state index contributed by atoms with van der Waals surface area (Å²) >= 11 is 5.80. The number of anilines is 1. The van der Waals surface area contributed by atoms with E-state index in [1.165, 1.54) is 0 Å². The number of thiocarbonyl (C=S) groups is 1. The van der Waals surface area contributed by atoms with Crippen molar-refractivity contribution in [2.45, 2.75) is 32.4 Å². The van der Waals surface area contributed by atoms with Crippen LogP contribution >= 0.6 is 12.2 Å². The Morgan fingerprint density at radius 2 is 1.80 bits per heavy atom. The number of methoxy groups -OCH3 is 3. The van der Waals surface area contributed by atoms with Crippen molar-refractivity contribution in [3.05, 3.63) is 47.5 Å². The normalized spacial score (nSPS) is 15.5. The molecule has 1 aliphatic heterocycles. The second-order valence-corrected chi connectivity index (χ2v) is 7.73. The summed E-state index contributed by atoms with van der Waals surface area (Å²) in [5.74, 6) is 2.16. The minimum absolute atomic E-state index is 0.171. The van der Waals surface area contributed by atoms with Crippen LogP contribution in [0.2, 0.25) is 0 Å². The van der Waals surface area contributed by atoms with Gasteiger partial charge in [0.1, 0.15) is 5.75 Å². The van der Waals surface area contributed by atoms with Gasteiger partial charge in [-0.15, -0.1) is 0 Å². The van der Waals surface area contributed by atoms with Crippen molar-refractivity contribution in [3.63, 3.8) is 0 Å². The van der Waals surface area contributed by atoms with Gasteiger partial charge in [0, 0.05) is 19.7 Å². The summed E-state index contributed by atoms with van der Waals surface area (Å²) in [5.41, 5.74) is 3.06. The molecule has 0 radical (unpaired) electrons. The average Bonchev–Trinajstić information content (AvgIpc) is 3.26. The molecule has 3 rings (SSSR count). The largest absolute Gasteiger partial charge is 0.495 e. The van der Waals surface area contributed by atoms with E-state index < -0.39 is 0 Å². The number of nitrogens with zero attached hydrogens (tertiary/aromatic N) is 1. The Kier molecular flexibility index (Phi) is 7.76. The van der Waals surface area contributed by atoms with Gasteiger partial charge in [-0.05, 0) is 67.4 Å². The van der Waals surface area contributed by atoms with Crippen molar-refractivity contribution < 1.29 is 18.9 Å². The van der Waals surface area contributed by atoms with Crippen LogP contribution in [-0.4, -0.2) is 50.6 Å². The molecule has 0 aliphatic carbocycles. The van der Waals surface area contributed by atoms with Crippen molar-refractivity contribution >= 4 is 23.0 Å². The molecule has 1 N–H and O–H groups in total. The van der Waals surface area contributed by atoms with Gasteiger partial charge in [0.2, 0.25) is 0 Å². The number of ether oxygens (including phenoxy) is 4. The average molecular weight is 431 g/mol. The summed E-state index contributed by atoms with van der Waals surface area (Å²) in [4.78, 5) is 2.13. The van der Waals surface area contributed by atoms with Gasteiger partial charge in [-0.3, -0.25) is 0 Å². The van der Waals surface area contributed by atoms with Crippen LogP contribution in [0.4, 0.5) is 5.69 Å². The number of aryl methyl sites for hydroxylation is 1. The topological polar surface area (TPSA) is 52.2 Å². The van der Waals surface area contributed by atoms with E-state index in [0.29, 0.717) is 29.7 Å². The van der Waals surface area contributed by atoms with E-state index in [9.17, 15) is 0 Å². The van der Waals surface area contributed by atoms with Crippen LogP contribution in [0.15, 0.2) is 36.4 Å². The quantitative estimate of drug-likeness (QED) is 0.623. The lowest BCUT2D eigenvalue weighted by atomic mass is 10.1. The van der Waals surface area contributed by atoms with Crippen LogP contribution < -0.4 is 19.5 Å². The van der Waals surface area contributed by atoms with Crippen molar-refractivity contribution in [1.82, 2.24) is 4.90 Å². The van der Waals surface area contributed by atoms with Crippen LogP contribution in [0.25, 0.3) is 0 Å². The fourth-order valence-corrected chi connectivity index (χ4v) is 3.82. The molecular formula is C23H30N2O4S. The highest BCUT2D eigenvalue weighted by Crippen LogP contribution is 2.29. The molecule has 0 saturated carbocycles. The Morgan fingerprint density at radius 3 is 2.47 bits per heavy atom. The van der Waals surface area contributed by atoms with E-state index >= 15 is 0 Å². The summed E-state index contributed by atoms with van der Waals surface area (Å²) < 4.78 is 22.2. The van der Waals surface area contributed by atoms with Gasteiger partial charge in [0.15, 0.2) is 16.6 Å². The molecular weight excluding hydrogens is 400 g/mol. The van der Waals surface area contributed by atoms with E-state index in [-0.39, 0.29) is 6.10 Å². The Labute approximate surface area is 184 Å². The molecule has 1 heterocycles. The minimum atomic E-state index is 0.171. The smallest absolute Gasteiger partial charge is 0.173 e. The van der Waals surface area contributed by atoms with Gasteiger partial charge in [-0.2, -0.15) is 0 Å². The second-order valence-electron chi connectivity index (χ2n) is 7.34. The Bertz CT molecular complexity index is 868. The molecule has 30 heavy (non-hydrogen) atoms. The molecule has 162 valence electrons. The molecule has 0 spiro atoms. The molecule has 2 aromatic carbocycles. The molecule has 1 fully saturated rings. The zero-order valence-electron chi connectivity index (χ0n) is 18.1. The van der Waals surface area contributed by atoms with Crippen LogP contribution in [0, 0.1) is 6.92 Å². The number of nitrogens with one attached hydrogen (secondary N) is 1. The first-order valence-corrected chi connectivity index (χ1v) is 10.5. The molecule has 2 aromatic rings. The maximum absolute atomic E-state index is 5.87. The van der Waals surface area contributed by atoms with E-state index in [1.807, 2.05) is 43.3 Å². The molecule has 7 heteroatoms. The SMILES string of the molecule is COc1ccc(C)cc1NC(=S)N(Cc1ccc(OC)c(OC)c1)CC1CCCO1. The highest BCUT2D eigenvalue weighted by Gasteiger charge is 2.22. The lowest BCUT2D eigenvalue weighted by molar-refractivity contribution is 0.0905. The fourth-order valence-electron chi connectivity index (χ4n) is 3.57. The summed E-state index contributed by atoms with van der Waals surface area (Å²) in [6.45, 7) is 4.19. The fraction of sp³-hybridized carbons (Fsp3) is 0.435. The van der Waals surface area contributed by atoms with Gasteiger partial charge < -0.3 is 29.2 Å². The first kappa shape index (κ1) is 22.2. The van der Waals surface area contributed by atoms with Crippen LogP contribution in [-0.2, 0) is 11.3 Å². The molecule has 1 atom stereocenters. The predicted molar refractivity (Wildman–Crippen MR) is 123 cm³/mol. The predicted octanol–water partition coefficient (Wildman–Crippen LogP) is 4.40. The third-order valence-corrected chi connectivity index (χ3v) is 5.51. The van der Waals surface area contributed by atoms with Gasteiger partial charge in [-0.25, -0.2) is 0 Å². The van der Waals surface area contributed by atoms with Gasteiger partial charge in [0.25, 0.3) is 0 Å². The third kappa shape index (κ3) is 5.55. The summed E-state index contributed by atoms with van der Waals surface area (Å²) in [5, 5.41) is 4.00. The van der Waals surface area contributed by atoms with Gasteiger partial charge >= 0.3 is 0 Å². The molecule has 1 saturated heterocycles. The lowest BCUT2D eigenvalue weighted by Crippen LogP contribution is -2.39. The summed E-state index contributed by atoms with van der Waals surface area (Å²) in [6.07, 6.45) is 2.30. The molecule has 0 amide bonds. The molecule has 0 aromatic heterocycles. The summed E-state index contributed by atoms with van der Waals surface area (Å²) in [7, 11) is 4.93. The number of rotatable bonds is 8. The maximum Gasteiger partial charge on any atom is 0.173 e. The lowest BCUT2D eigenvalue weighted by Gasteiger charge is -2.29. The van der Waals surface area contributed by atoms with E-state index in [4.69, 9.17) is 31.2 Å². The maximum atomic E-state index is 5.87. The monoisotopic (exact) mass is 430 g/mol. The van der Waals surface area contributed by atoms with Crippen LogP contribution in [0.1, 0.15) is 24.0 Å².